The van der Waals surface area contributed by atoms with Crippen LogP contribution in [0.15, 0.2) is 79.4 Å². The zero-order chi connectivity index (χ0) is 20.1. The van der Waals surface area contributed by atoms with E-state index in [1.54, 1.807) is 0 Å². The van der Waals surface area contributed by atoms with Crippen molar-refractivity contribution in [3.8, 4) is 22.3 Å². The van der Waals surface area contributed by atoms with Gasteiger partial charge < -0.3 is 0 Å². The summed E-state index contributed by atoms with van der Waals surface area (Å²) in [5, 5.41) is 3.70. The lowest BCUT2D eigenvalue weighted by atomic mass is 9.92. The Kier molecular flexibility index (Phi) is 2.74. The number of aromatic nitrogens is 3. The van der Waals surface area contributed by atoms with E-state index in [1.165, 1.54) is 60.7 Å². The Balaban J connectivity index is 1.52. The second kappa shape index (κ2) is 5.38. The summed E-state index contributed by atoms with van der Waals surface area (Å²) in [5.74, 6) is 0. The van der Waals surface area contributed by atoms with Gasteiger partial charge in [-0.15, -0.1) is 0 Å². The molecule has 6 aromatic rings. The molecule has 2 aliphatic carbocycles. The van der Waals surface area contributed by atoms with Crippen LogP contribution in [0.2, 0.25) is 0 Å². The molecule has 0 aliphatic heterocycles. The molecule has 0 saturated heterocycles. The molecule has 3 heteroatoms. The molecule has 8 rings (SSSR count). The highest BCUT2D eigenvalue weighted by Gasteiger charge is 2.29. The van der Waals surface area contributed by atoms with E-state index in [4.69, 9.17) is 4.98 Å². The second-order valence-corrected chi connectivity index (χ2v) is 8.71. The summed E-state index contributed by atoms with van der Waals surface area (Å²) < 4.78 is 2.16. The summed E-state index contributed by atoms with van der Waals surface area (Å²) in [7, 11) is 0. The Labute approximate surface area is 178 Å². The van der Waals surface area contributed by atoms with E-state index in [9.17, 15) is 0 Å². The van der Waals surface area contributed by atoms with Crippen molar-refractivity contribution in [2.45, 2.75) is 12.8 Å². The number of nitrogens with zero attached hydrogens (tertiary/aromatic N) is 3. The maximum Gasteiger partial charge on any atom is 0.145 e. The molecule has 31 heavy (non-hydrogen) atoms. The standard InChI is InChI=1S/C28H17N3/c1-2-4-20-16(3-1)11-17-5-6-18-12-19-13-23-21-7-8-29-15-25(21)31-10-9-30-28(31)24(23)14-22(19)27(18)26(17)20/h1-10,13-15H,11-12H2. The van der Waals surface area contributed by atoms with E-state index in [-0.39, 0.29) is 0 Å². The van der Waals surface area contributed by atoms with Crippen molar-refractivity contribution in [2.75, 3.05) is 0 Å². The van der Waals surface area contributed by atoms with Crippen molar-refractivity contribution in [2.24, 2.45) is 0 Å². The van der Waals surface area contributed by atoms with Crippen LogP contribution in [-0.4, -0.2) is 14.4 Å². The fourth-order valence-corrected chi connectivity index (χ4v) is 5.86. The summed E-state index contributed by atoms with van der Waals surface area (Å²) in [6, 6.07) is 20.5. The molecular formula is C28H17N3. The van der Waals surface area contributed by atoms with Gasteiger partial charge in [-0.05, 0) is 80.9 Å². The number of benzene rings is 3. The predicted molar refractivity (Wildman–Crippen MR) is 124 cm³/mol. The number of imidazole rings is 1. The minimum absolute atomic E-state index is 0.988. The summed E-state index contributed by atoms with van der Waals surface area (Å²) >= 11 is 0. The van der Waals surface area contributed by atoms with Crippen molar-refractivity contribution < 1.29 is 0 Å². The third-order valence-electron chi connectivity index (χ3n) is 7.17. The van der Waals surface area contributed by atoms with Crippen LogP contribution in [0.3, 0.4) is 0 Å². The fourth-order valence-electron chi connectivity index (χ4n) is 5.86. The Hall–Kier alpha value is -3.98. The molecule has 0 bridgehead atoms. The molecule has 0 fully saturated rings. The van der Waals surface area contributed by atoms with Crippen molar-refractivity contribution in [1.29, 1.82) is 0 Å². The van der Waals surface area contributed by atoms with Crippen LogP contribution < -0.4 is 0 Å². The van der Waals surface area contributed by atoms with Gasteiger partial charge in [-0.25, -0.2) is 4.98 Å². The topological polar surface area (TPSA) is 30.2 Å². The van der Waals surface area contributed by atoms with Gasteiger partial charge in [0.25, 0.3) is 0 Å². The van der Waals surface area contributed by atoms with Gasteiger partial charge in [0, 0.05) is 29.4 Å². The van der Waals surface area contributed by atoms with Gasteiger partial charge in [-0.2, -0.15) is 0 Å². The first kappa shape index (κ1) is 15.8. The molecular weight excluding hydrogens is 378 g/mol. The van der Waals surface area contributed by atoms with E-state index >= 15 is 0 Å². The highest BCUT2D eigenvalue weighted by Crippen LogP contribution is 2.50. The Bertz CT molecular complexity index is 1740. The highest BCUT2D eigenvalue weighted by molar-refractivity contribution is 6.14. The largest absolute Gasteiger partial charge is 0.298 e. The number of fused-ring (bicyclic) bond motifs is 13. The van der Waals surface area contributed by atoms with Crippen LogP contribution in [0, 0.1) is 0 Å². The van der Waals surface area contributed by atoms with Gasteiger partial charge in [0.2, 0.25) is 0 Å². The second-order valence-electron chi connectivity index (χ2n) is 8.71. The molecule has 0 saturated carbocycles. The quantitative estimate of drug-likeness (QED) is 0.287. The van der Waals surface area contributed by atoms with Crippen molar-refractivity contribution >= 4 is 27.3 Å². The van der Waals surface area contributed by atoms with Crippen molar-refractivity contribution in [1.82, 2.24) is 14.4 Å². The molecule has 3 aromatic heterocycles. The minimum Gasteiger partial charge on any atom is -0.298 e. The number of hydrogen-bond donors (Lipinski definition) is 0. The van der Waals surface area contributed by atoms with Gasteiger partial charge in [-0.1, -0.05) is 36.4 Å². The first-order valence-corrected chi connectivity index (χ1v) is 10.8. The summed E-state index contributed by atoms with van der Waals surface area (Å²) in [6.45, 7) is 0. The monoisotopic (exact) mass is 395 g/mol. The van der Waals surface area contributed by atoms with E-state index in [0.29, 0.717) is 0 Å². The van der Waals surface area contributed by atoms with Crippen molar-refractivity contribution in [3.63, 3.8) is 0 Å². The van der Waals surface area contributed by atoms with Crippen LogP contribution in [0.5, 0.6) is 0 Å². The third kappa shape index (κ3) is 1.89. The zero-order valence-corrected chi connectivity index (χ0v) is 16.8. The molecule has 0 amide bonds. The number of rotatable bonds is 0. The number of hydrogen-bond acceptors (Lipinski definition) is 2. The Morgan fingerprint density at radius 3 is 2.45 bits per heavy atom. The van der Waals surface area contributed by atoms with Crippen molar-refractivity contribution in [3.05, 3.63) is 102 Å². The smallest absolute Gasteiger partial charge is 0.145 e. The van der Waals surface area contributed by atoms with Gasteiger partial charge in [-0.3, -0.25) is 9.38 Å². The van der Waals surface area contributed by atoms with Gasteiger partial charge in [0.15, 0.2) is 0 Å². The normalized spacial score (nSPS) is 13.5. The van der Waals surface area contributed by atoms with Gasteiger partial charge in [0.05, 0.1) is 11.7 Å². The molecule has 0 spiro atoms. The van der Waals surface area contributed by atoms with Gasteiger partial charge >= 0.3 is 0 Å². The molecule has 2 aliphatic rings. The maximum atomic E-state index is 4.72. The Morgan fingerprint density at radius 2 is 1.52 bits per heavy atom. The van der Waals surface area contributed by atoms with E-state index in [0.717, 1.165) is 24.0 Å². The molecule has 0 atom stereocenters. The highest BCUT2D eigenvalue weighted by atomic mass is 15.0. The van der Waals surface area contributed by atoms with E-state index < -0.39 is 0 Å². The molecule has 0 unspecified atom stereocenters. The van der Waals surface area contributed by atoms with Gasteiger partial charge in [0.1, 0.15) is 5.65 Å². The summed E-state index contributed by atoms with van der Waals surface area (Å²) in [5.41, 5.74) is 13.5. The average Bonchev–Trinajstić information content (AvgIpc) is 3.52. The lowest BCUT2D eigenvalue weighted by molar-refractivity contribution is 1.23. The number of pyridine rings is 2. The molecule has 0 N–H and O–H groups in total. The Morgan fingerprint density at radius 1 is 0.677 bits per heavy atom. The lowest BCUT2D eigenvalue weighted by Crippen LogP contribution is -1.93. The predicted octanol–water partition coefficient (Wildman–Crippen LogP) is 6.18. The molecule has 144 valence electrons. The van der Waals surface area contributed by atoms with Crippen LogP contribution in [0.25, 0.3) is 49.6 Å². The van der Waals surface area contributed by atoms with Crippen LogP contribution in [0.1, 0.15) is 22.3 Å². The molecule has 3 nitrogen and oxygen atoms in total. The SMILES string of the molecule is c1ccc2c(c1)Cc1ccc3c(c1-2)-c1cc2c(cc1C3)c1ccncc1n1ccnc21. The first-order chi connectivity index (χ1) is 15.4. The van der Waals surface area contributed by atoms with Crippen LogP contribution in [-0.2, 0) is 12.8 Å². The zero-order valence-electron chi connectivity index (χ0n) is 16.8. The molecule has 3 heterocycles. The molecule has 0 radical (unpaired) electrons. The third-order valence-corrected chi connectivity index (χ3v) is 7.17. The maximum absolute atomic E-state index is 4.72. The van der Waals surface area contributed by atoms with Crippen LogP contribution >= 0.6 is 0 Å². The molecule has 3 aromatic carbocycles. The average molecular weight is 395 g/mol. The minimum atomic E-state index is 0.988. The summed E-state index contributed by atoms with van der Waals surface area (Å²) in [6.07, 6.45) is 9.77. The first-order valence-electron chi connectivity index (χ1n) is 10.8. The fraction of sp³-hybridized carbons (Fsp3) is 0.0714. The van der Waals surface area contributed by atoms with E-state index in [1.807, 2.05) is 24.8 Å². The summed E-state index contributed by atoms with van der Waals surface area (Å²) in [4.78, 5) is 9.09. The van der Waals surface area contributed by atoms with E-state index in [2.05, 4.69) is 64.0 Å². The lowest BCUT2D eigenvalue weighted by Gasteiger charge is -2.13. The van der Waals surface area contributed by atoms with Crippen LogP contribution in [0.4, 0.5) is 0 Å².